The molecule has 5 nitrogen and oxygen atoms in total. The molecule has 120 valence electrons. The van der Waals surface area contributed by atoms with E-state index in [0.717, 1.165) is 31.6 Å². The van der Waals surface area contributed by atoms with Gasteiger partial charge in [0.15, 0.2) is 11.5 Å². The second kappa shape index (κ2) is 8.32. The van der Waals surface area contributed by atoms with Gasteiger partial charge in [0.25, 0.3) is 0 Å². The lowest BCUT2D eigenvalue weighted by Gasteiger charge is -2.29. The zero-order valence-corrected chi connectivity index (χ0v) is 13.6. The van der Waals surface area contributed by atoms with Crippen LogP contribution in [0.2, 0.25) is 0 Å². The van der Waals surface area contributed by atoms with Crippen molar-refractivity contribution in [1.29, 1.82) is 0 Å². The highest BCUT2D eigenvalue weighted by atomic mass is 35.5. The van der Waals surface area contributed by atoms with Gasteiger partial charge in [-0.05, 0) is 30.9 Å². The van der Waals surface area contributed by atoms with Crippen molar-refractivity contribution in [3.63, 3.8) is 0 Å². The number of hydrogen-bond acceptors (Lipinski definition) is 5. The summed E-state index contributed by atoms with van der Waals surface area (Å²) in [6.45, 7) is 1.54. The van der Waals surface area contributed by atoms with Gasteiger partial charge >= 0.3 is 0 Å². The maximum absolute atomic E-state index is 6.43. The van der Waals surface area contributed by atoms with Gasteiger partial charge in [-0.2, -0.15) is 0 Å². The first-order chi connectivity index (χ1) is 9.72. The van der Waals surface area contributed by atoms with Crippen LogP contribution in [0.1, 0.15) is 24.4 Å². The van der Waals surface area contributed by atoms with Crippen molar-refractivity contribution in [2.45, 2.75) is 18.9 Å². The van der Waals surface area contributed by atoms with Gasteiger partial charge in [0.2, 0.25) is 5.75 Å². The van der Waals surface area contributed by atoms with E-state index in [2.05, 4.69) is 0 Å². The smallest absolute Gasteiger partial charge is 0.203 e. The zero-order valence-electron chi connectivity index (χ0n) is 12.8. The molecule has 0 spiro atoms. The lowest BCUT2D eigenvalue weighted by molar-refractivity contribution is 0.0580. The van der Waals surface area contributed by atoms with E-state index < -0.39 is 0 Å². The number of nitrogens with two attached hydrogens (primary N) is 1. The fraction of sp³-hybridized carbons (Fsp3) is 0.600. The molecule has 2 rings (SSSR count). The van der Waals surface area contributed by atoms with E-state index in [1.165, 1.54) is 0 Å². The van der Waals surface area contributed by atoms with Crippen LogP contribution in [0.25, 0.3) is 0 Å². The van der Waals surface area contributed by atoms with Crippen molar-refractivity contribution in [1.82, 2.24) is 0 Å². The minimum atomic E-state index is -0.0892. The zero-order chi connectivity index (χ0) is 14.5. The van der Waals surface area contributed by atoms with Gasteiger partial charge in [-0.15, -0.1) is 12.4 Å². The van der Waals surface area contributed by atoms with Gasteiger partial charge < -0.3 is 24.7 Å². The summed E-state index contributed by atoms with van der Waals surface area (Å²) in [6.07, 6.45) is 1.94. The highest BCUT2D eigenvalue weighted by Crippen LogP contribution is 2.43. The summed E-state index contributed by atoms with van der Waals surface area (Å²) < 4.78 is 21.6. The molecule has 0 aromatic heterocycles. The van der Waals surface area contributed by atoms with Gasteiger partial charge in [-0.25, -0.2) is 0 Å². The van der Waals surface area contributed by atoms with Crippen LogP contribution in [0.3, 0.4) is 0 Å². The molecule has 1 aliphatic heterocycles. The highest BCUT2D eigenvalue weighted by Gasteiger charge is 2.27. The lowest BCUT2D eigenvalue weighted by Crippen LogP contribution is -2.27. The minimum Gasteiger partial charge on any atom is -0.493 e. The molecular weight excluding hydrogens is 294 g/mol. The molecule has 0 unspecified atom stereocenters. The quantitative estimate of drug-likeness (QED) is 0.904. The van der Waals surface area contributed by atoms with Gasteiger partial charge in [-0.1, -0.05) is 0 Å². The molecule has 1 fully saturated rings. The molecule has 1 aromatic carbocycles. The summed E-state index contributed by atoms with van der Waals surface area (Å²) in [5.74, 6) is 2.30. The van der Waals surface area contributed by atoms with Crippen molar-refractivity contribution in [2.24, 2.45) is 11.7 Å². The van der Waals surface area contributed by atoms with Crippen LogP contribution >= 0.6 is 12.4 Å². The SMILES string of the molecule is COc1ccc([C@@H](N)C2CCOCC2)c(OC)c1OC.Cl. The number of ether oxygens (including phenoxy) is 4. The molecule has 0 radical (unpaired) electrons. The summed E-state index contributed by atoms with van der Waals surface area (Å²) in [5, 5.41) is 0. The first-order valence-corrected chi connectivity index (χ1v) is 6.85. The van der Waals surface area contributed by atoms with Crippen molar-refractivity contribution < 1.29 is 18.9 Å². The Morgan fingerprint density at radius 1 is 1.05 bits per heavy atom. The molecule has 2 N–H and O–H groups in total. The van der Waals surface area contributed by atoms with Crippen LogP contribution in [0, 0.1) is 5.92 Å². The number of benzene rings is 1. The number of hydrogen-bond donors (Lipinski definition) is 1. The molecule has 1 atom stereocenters. The number of methoxy groups -OCH3 is 3. The Morgan fingerprint density at radius 3 is 2.19 bits per heavy atom. The molecule has 0 aliphatic carbocycles. The molecule has 0 saturated carbocycles. The van der Waals surface area contributed by atoms with Crippen LogP contribution in [-0.4, -0.2) is 34.5 Å². The van der Waals surface area contributed by atoms with Crippen LogP contribution in [-0.2, 0) is 4.74 Å². The third-order valence-electron chi connectivity index (χ3n) is 3.87. The maximum Gasteiger partial charge on any atom is 0.203 e. The lowest BCUT2D eigenvalue weighted by atomic mass is 9.87. The largest absolute Gasteiger partial charge is 0.493 e. The third kappa shape index (κ3) is 3.73. The van der Waals surface area contributed by atoms with Gasteiger partial charge in [0, 0.05) is 24.8 Å². The molecule has 0 bridgehead atoms. The van der Waals surface area contributed by atoms with Crippen LogP contribution in [0.4, 0.5) is 0 Å². The number of rotatable bonds is 5. The Balaban J connectivity index is 0.00000220. The highest BCUT2D eigenvalue weighted by molar-refractivity contribution is 5.85. The molecule has 1 aromatic rings. The molecular formula is C15H24ClNO4. The van der Waals surface area contributed by atoms with Gasteiger partial charge in [0.1, 0.15) is 0 Å². The van der Waals surface area contributed by atoms with Crippen LogP contribution in [0.5, 0.6) is 17.2 Å². The normalized spacial score (nSPS) is 16.8. The van der Waals surface area contributed by atoms with Gasteiger partial charge in [0.05, 0.1) is 21.3 Å². The maximum atomic E-state index is 6.43. The Hall–Kier alpha value is -1.17. The Bertz CT molecular complexity index is 450. The molecule has 1 saturated heterocycles. The molecule has 0 amide bonds. The first kappa shape index (κ1) is 17.9. The Morgan fingerprint density at radius 2 is 1.67 bits per heavy atom. The van der Waals surface area contributed by atoms with Crippen molar-refractivity contribution in [3.8, 4) is 17.2 Å². The van der Waals surface area contributed by atoms with E-state index in [4.69, 9.17) is 24.7 Å². The predicted octanol–water partition coefficient (Wildman–Crippen LogP) is 2.56. The average molecular weight is 318 g/mol. The second-order valence-electron chi connectivity index (χ2n) is 4.90. The van der Waals surface area contributed by atoms with Crippen LogP contribution in [0.15, 0.2) is 12.1 Å². The van der Waals surface area contributed by atoms with E-state index in [1.54, 1.807) is 21.3 Å². The fourth-order valence-electron chi connectivity index (χ4n) is 2.72. The molecule has 21 heavy (non-hydrogen) atoms. The molecule has 6 heteroatoms. The summed E-state index contributed by atoms with van der Waals surface area (Å²) in [4.78, 5) is 0. The predicted molar refractivity (Wildman–Crippen MR) is 83.8 cm³/mol. The molecule has 1 aliphatic rings. The Labute approximate surface area is 132 Å². The average Bonchev–Trinajstić information content (AvgIpc) is 2.53. The third-order valence-corrected chi connectivity index (χ3v) is 3.87. The summed E-state index contributed by atoms with van der Waals surface area (Å²) in [6, 6.07) is 3.74. The second-order valence-corrected chi connectivity index (χ2v) is 4.90. The summed E-state index contributed by atoms with van der Waals surface area (Å²) in [7, 11) is 4.83. The van der Waals surface area contributed by atoms with Crippen molar-refractivity contribution in [2.75, 3.05) is 34.5 Å². The van der Waals surface area contributed by atoms with E-state index in [-0.39, 0.29) is 18.4 Å². The van der Waals surface area contributed by atoms with E-state index in [9.17, 15) is 0 Å². The van der Waals surface area contributed by atoms with E-state index in [0.29, 0.717) is 23.2 Å². The van der Waals surface area contributed by atoms with Gasteiger partial charge in [-0.3, -0.25) is 0 Å². The Kier molecular flexibility index (Phi) is 7.08. The van der Waals surface area contributed by atoms with E-state index in [1.807, 2.05) is 12.1 Å². The van der Waals surface area contributed by atoms with Crippen molar-refractivity contribution >= 4 is 12.4 Å². The van der Waals surface area contributed by atoms with Crippen molar-refractivity contribution in [3.05, 3.63) is 17.7 Å². The minimum absolute atomic E-state index is 0. The van der Waals surface area contributed by atoms with Crippen LogP contribution < -0.4 is 19.9 Å². The number of halogens is 1. The topological polar surface area (TPSA) is 62.9 Å². The standard InChI is InChI=1S/C15H23NO4.ClH/c1-17-12-5-4-11(14(18-2)15(12)19-3)13(16)10-6-8-20-9-7-10;/h4-5,10,13H,6-9,16H2,1-3H3;1H/t13-;/m0./s1. The summed E-state index contributed by atoms with van der Waals surface area (Å²) >= 11 is 0. The first-order valence-electron chi connectivity index (χ1n) is 6.85. The molecule has 1 heterocycles. The fourth-order valence-corrected chi connectivity index (χ4v) is 2.72. The monoisotopic (exact) mass is 317 g/mol. The summed E-state index contributed by atoms with van der Waals surface area (Å²) in [5.41, 5.74) is 7.38. The van der Waals surface area contributed by atoms with E-state index >= 15 is 0 Å².